The van der Waals surface area contributed by atoms with Crippen molar-refractivity contribution < 1.29 is 9.15 Å². The van der Waals surface area contributed by atoms with Crippen LogP contribution in [0.15, 0.2) is 33.7 Å². The van der Waals surface area contributed by atoms with Crippen LogP contribution >= 0.6 is 24.0 Å². The Morgan fingerprint density at radius 3 is 2.47 bits per heavy atom. The number of benzene rings is 1. The van der Waals surface area contributed by atoms with Crippen LogP contribution in [-0.2, 0) is 13.1 Å². The molecule has 166 valence electrons. The molecule has 1 saturated heterocycles. The van der Waals surface area contributed by atoms with E-state index in [1.165, 1.54) is 18.4 Å². The Labute approximate surface area is 196 Å². The topological polar surface area (TPSA) is 74.9 Å². The predicted octanol–water partition coefficient (Wildman–Crippen LogP) is 3.50. The van der Waals surface area contributed by atoms with Gasteiger partial charge in [-0.2, -0.15) is 0 Å². The van der Waals surface area contributed by atoms with E-state index in [0.717, 1.165) is 49.3 Å². The highest BCUT2D eigenvalue weighted by molar-refractivity contribution is 14.0. The molecule has 0 bridgehead atoms. The number of nitrogens with zero attached hydrogens (tertiary/aromatic N) is 3. The fourth-order valence-electron chi connectivity index (χ4n) is 3.57. The summed E-state index contributed by atoms with van der Waals surface area (Å²) in [6.07, 6.45) is 2.39. The number of hydrogen-bond acceptors (Lipinski definition) is 5. The molecule has 30 heavy (non-hydrogen) atoms. The summed E-state index contributed by atoms with van der Waals surface area (Å²) >= 11 is 0. The molecule has 2 aromatic rings. The van der Waals surface area contributed by atoms with Crippen molar-refractivity contribution in [2.75, 3.05) is 33.8 Å². The van der Waals surface area contributed by atoms with Crippen molar-refractivity contribution in [1.29, 1.82) is 0 Å². The first-order chi connectivity index (χ1) is 14.1. The molecule has 7 nitrogen and oxygen atoms in total. The summed E-state index contributed by atoms with van der Waals surface area (Å²) in [4.78, 5) is 11.2. The first-order valence-corrected chi connectivity index (χ1v) is 10.3. The average molecular weight is 527 g/mol. The first kappa shape index (κ1) is 24.5. The van der Waals surface area contributed by atoms with Crippen LogP contribution in [0.25, 0.3) is 0 Å². The van der Waals surface area contributed by atoms with Crippen molar-refractivity contribution in [1.82, 2.24) is 20.5 Å². The number of guanidine groups is 1. The monoisotopic (exact) mass is 527 g/mol. The summed E-state index contributed by atoms with van der Waals surface area (Å²) in [5.41, 5.74) is 2.27. The molecule has 1 aliphatic rings. The number of hydrogen-bond donors (Lipinski definition) is 2. The average Bonchev–Trinajstić information content (AvgIpc) is 3.07. The predicted molar refractivity (Wildman–Crippen MR) is 131 cm³/mol. The maximum atomic E-state index is 5.61. The molecule has 0 aliphatic carbocycles. The standard InChI is InChI=1S/C22H33N5O2.HI/c1-16-17(2)29-21(26-16)14-25-22(23-3)24-13-18-9-11-27(12-10-18)15-19-5-7-20(28-4)8-6-19;/h5-8,18H,9-15H2,1-4H3,(H2,23,24,25);1H. The SMILES string of the molecule is CN=C(NCc1nc(C)c(C)o1)NCC1CCN(Cc2ccc(OC)cc2)CC1.I. The highest BCUT2D eigenvalue weighted by atomic mass is 127. The van der Waals surface area contributed by atoms with Crippen LogP contribution in [0.3, 0.4) is 0 Å². The van der Waals surface area contributed by atoms with E-state index in [0.29, 0.717) is 18.4 Å². The molecule has 0 spiro atoms. The van der Waals surface area contributed by atoms with Gasteiger partial charge < -0.3 is 19.8 Å². The van der Waals surface area contributed by atoms with Gasteiger partial charge in [-0.25, -0.2) is 4.98 Å². The molecule has 0 unspecified atom stereocenters. The van der Waals surface area contributed by atoms with E-state index in [-0.39, 0.29) is 24.0 Å². The lowest BCUT2D eigenvalue weighted by Crippen LogP contribution is -2.42. The molecular formula is C22H34IN5O2. The van der Waals surface area contributed by atoms with Gasteiger partial charge in [0.25, 0.3) is 0 Å². The minimum Gasteiger partial charge on any atom is -0.497 e. The van der Waals surface area contributed by atoms with E-state index in [4.69, 9.17) is 9.15 Å². The molecule has 1 fully saturated rings. The van der Waals surface area contributed by atoms with Gasteiger partial charge in [-0.1, -0.05) is 12.1 Å². The Bertz CT molecular complexity index is 779. The molecule has 0 radical (unpaired) electrons. The maximum Gasteiger partial charge on any atom is 0.214 e. The van der Waals surface area contributed by atoms with E-state index in [2.05, 4.69) is 37.6 Å². The van der Waals surface area contributed by atoms with E-state index in [1.54, 1.807) is 14.2 Å². The quantitative estimate of drug-likeness (QED) is 0.326. The molecule has 1 aromatic heterocycles. The molecule has 1 aliphatic heterocycles. The Balaban J connectivity index is 0.00000320. The zero-order valence-electron chi connectivity index (χ0n) is 18.4. The Hall–Kier alpha value is -1.81. The van der Waals surface area contributed by atoms with Gasteiger partial charge in [0.2, 0.25) is 5.89 Å². The zero-order valence-corrected chi connectivity index (χ0v) is 20.7. The first-order valence-electron chi connectivity index (χ1n) is 10.3. The molecular weight excluding hydrogens is 493 g/mol. The number of aromatic nitrogens is 1. The van der Waals surface area contributed by atoms with Gasteiger partial charge in [-0.15, -0.1) is 24.0 Å². The number of nitrogens with one attached hydrogen (secondary N) is 2. The van der Waals surface area contributed by atoms with Gasteiger partial charge in [0, 0.05) is 20.1 Å². The van der Waals surface area contributed by atoms with Gasteiger partial charge in [0.05, 0.1) is 19.3 Å². The van der Waals surface area contributed by atoms with Crippen molar-refractivity contribution in [3.63, 3.8) is 0 Å². The fraction of sp³-hybridized carbons (Fsp3) is 0.545. The summed E-state index contributed by atoms with van der Waals surface area (Å²) in [7, 11) is 3.49. The Morgan fingerprint density at radius 2 is 1.90 bits per heavy atom. The number of likely N-dealkylation sites (tertiary alicyclic amines) is 1. The van der Waals surface area contributed by atoms with Crippen molar-refractivity contribution >= 4 is 29.9 Å². The molecule has 1 aromatic carbocycles. The summed E-state index contributed by atoms with van der Waals surface area (Å²) in [5.74, 6) is 3.92. The van der Waals surface area contributed by atoms with Crippen LogP contribution in [0.5, 0.6) is 5.75 Å². The Kier molecular flexibility index (Phi) is 9.90. The third-order valence-corrected chi connectivity index (χ3v) is 5.53. The molecule has 0 amide bonds. The summed E-state index contributed by atoms with van der Waals surface area (Å²) in [6.45, 7) is 8.60. The van der Waals surface area contributed by atoms with Gasteiger partial charge in [-0.05, 0) is 63.4 Å². The maximum absolute atomic E-state index is 5.61. The number of rotatable bonds is 7. The molecule has 0 saturated carbocycles. The van der Waals surface area contributed by atoms with Crippen LogP contribution < -0.4 is 15.4 Å². The van der Waals surface area contributed by atoms with Gasteiger partial charge in [0.15, 0.2) is 5.96 Å². The number of piperidine rings is 1. The van der Waals surface area contributed by atoms with Gasteiger partial charge in [-0.3, -0.25) is 9.89 Å². The molecule has 3 rings (SSSR count). The van der Waals surface area contributed by atoms with Crippen LogP contribution in [0.4, 0.5) is 0 Å². The number of ether oxygens (including phenoxy) is 1. The number of halogens is 1. The molecule has 2 N–H and O–H groups in total. The number of aryl methyl sites for hydroxylation is 2. The smallest absolute Gasteiger partial charge is 0.214 e. The highest BCUT2D eigenvalue weighted by Gasteiger charge is 2.19. The van der Waals surface area contributed by atoms with Crippen LogP contribution in [0, 0.1) is 19.8 Å². The third kappa shape index (κ3) is 7.16. The Morgan fingerprint density at radius 1 is 1.20 bits per heavy atom. The van der Waals surface area contributed by atoms with Gasteiger partial charge in [0.1, 0.15) is 11.5 Å². The summed E-state index contributed by atoms with van der Waals surface area (Å²) < 4.78 is 10.8. The van der Waals surface area contributed by atoms with Crippen LogP contribution in [0.2, 0.25) is 0 Å². The van der Waals surface area contributed by atoms with E-state index >= 15 is 0 Å². The highest BCUT2D eigenvalue weighted by Crippen LogP contribution is 2.19. The van der Waals surface area contributed by atoms with Crippen LogP contribution in [0.1, 0.15) is 35.7 Å². The fourth-order valence-corrected chi connectivity index (χ4v) is 3.57. The summed E-state index contributed by atoms with van der Waals surface area (Å²) in [6, 6.07) is 8.37. The minimum atomic E-state index is 0. The van der Waals surface area contributed by atoms with Crippen molar-refractivity contribution in [2.45, 2.75) is 39.8 Å². The third-order valence-electron chi connectivity index (χ3n) is 5.53. The van der Waals surface area contributed by atoms with E-state index < -0.39 is 0 Å². The second-order valence-electron chi connectivity index (χ2n) is 7.62. The lowest BCUT2D eigenvalue weighted by Gasteiger charge is -2.32. The minimum absolute atomic E-state index is 0. The van der Waals surface area contributed by atoms with E-state index in [9.17, 15) is 0 Å². The van der Waals surface area contributed by atoms with Crippen LogP contribution in [-0.4, -0.2) is 49.6 Å². The lowest BCUT2D eigenvalue weighted by atomic mass is 9.96. The lowest BCUT2D eigenvalue weighted by molar-refractivity contribution is 0.178. The van der Waals surface area contributed by atoms with E-state index in [1.807, 2.05) is 26.0 Å². The number of aliphatic imine (C=N–C) groups is 1. The second-order valence-corrected chi connectivity index (χ2v) is 7.62. The normalized spacial score (nSPS) is 15.5. The van der Waals surface area contributed by atoms with Crippen molar-refractivity contribution in [3.05, 3.63) is 47.2 Å². The van der Waals surface area contributed by atoms with Crippen molar-refractivity contribution in [3.8, 4) is 5.75 Å². The largest absolute Gasteiger partial charge is 0.497 e. The van der Waals surface area contributed by atoms with Crippen molar-refractivity contribution in [2.24, 2.45) is 10.9 Å². The second kappa shape index (κ2) is 12.1. The summed E-state index contributed by atoms with van der Waals surface area (Å²) in [5, 5.41) is 6.72. The number of methoxy groups -OCH3 is 1. The molecule has 0 atom stereocenters. The molecule has 2 heterocycles. The number of oxazole rings is 1. The molecule has 8 heteroatoms. The zero-order chi connectivity index (χ0) is 20.6. The van der Waals surface area contributed by atoms with Gasteiger partial charge >= 0.3 is 0 Å².